The van der Waals surface area contributed by atoms with Crippen molar-refractivity contribution in [1.82, 2.24) is 0 Å². The van der Waals surface area contributed by atoms with Gasteiger partial charge in [0.05, 0.1) is 12.2 Å². The molecule has 0 radical (unpaired) electrons. The maximum absolute atomic E-state index is 11.5. The van der Waals surface area contributed by atoms with Crippen molar-refractivity contribution in [2.45, 2.75) is 33.9 Å². The van der Waals surface area contributed by atoms with Crippen molar-refractivity contribution in [2.75, 3.05) is 19.8 Å². The van der Waals surface area contributed by atoms with Gasteiger partial charge in [0.25, 0.3) is 0 Å². The van der Waals surface area contributed by atoms with Crippen LogP contribution in [0.2, 0.25) is 0 Å². The number of rotatable bonds is 7. The number of benzene rings is 1. The fraction of sp³-hybridized carbons (Fsp3) is 0.533. The summed E-state index contributed by atoms with van der Waals surface area (Å²) in [5, 5.41) is 0. The van der Waals surface area contributed by atoms with Gasteiger partial charge in [-0.2, -0.15) is 0 Å². The standard InChI is InChI=1S/C13H19NO4.C2H6/c1-3-16-12(14)9-18-11-7-5-6-10(8-11)13(15)17-4-2;1-2/h5-8,12H,3-4,9,14H2,1-2H3;1-2H3. The number of hydrogen-bond donors (Lipinski definition) is 1. The second kappa shape index (κ2) is 11.3. The highest BCUT2D eigenvalue weighted by Crippen LogP contribution is 2.14. The molecule has 1 rings (SSSR count). The molecule has 0 fully saturated rings. The maximum Gasteiger partial charge on any atom is 0.338 e. The van der Waals surface area contributed by atoms with Crippen molar-refractivity contribution in [1.29, 1.82) is 0 Å². The molecule has 5 heteroatoms. The zero-order valence-electron chi connectivity index (χ0n) is 12.7. The number of esters is 1. The first-order valence-electron chi connectivity index (χ1n) is 6.94. The molecule has 1 aromatic carbocycles. The Morgan fingerprint density at radius 1 is 1.25 bits per heavy atom. The minimum Gasteiger partial charge on any atom is -0.489 e. The van der Waals surface area contributed by atoms with Gasteiger partial charge in [-0.1, -0.05) is 19.9 Å². The molecular weight excluding hydrogens is 258 g/mol. The molecule has 0 amide bonds. The molecule has 0 aliphatic carbocycles. The molecular formula is C15H25NO4. The molecule has 114 valence electrons. The first-order valence-corrected chi connectivity index (χ1v) is 6.94. The first-order chi connectivity index (χ1) is 9.67. The van der Waals surface area contributed by atoms with E-state index in [4.69, 9.17) is 19.9 Å². The molecule has 0 saturated heterocycles. The quantitative estimate of drug-likeness (QED) is 0.615. The molecule has 0 aromatic heterocycles. The number of ether oxygens (including phenoxy) is 3. The van der Waals surface area contributed by atoms with Crippen LogP contribution in [0, 0.1) is 0 Å². The third kappa shape index (κ3) is 7.11. The Morgan fingerprint density at radius 3 is 2.55 bits per heavy atom. The van der Waals surface area contributed by atoms with Crippen LogP contribution in [0.4, 0.5) is 0 Å². The van der Waals surface area contributed by atoms with E-state index in [1.54, 1.807) is 31.2 Å². The highest BCUT2D eigenvalue weighted by molar-refractivity contribution is 5.89. The average Bonchev–Trinajstić information content (AvgIpc) is 2.48. The maximum atomic E-state index is 11.5. The average molecular weight is 283 g/mol. The lowest BCUT2D eigenvalue weighted by atomic mass is 10.2. The van der Waals surface area contributed by atoms with Crippen LogP contribution in [0.3, 0.4) is 0 Å². The van der Waals surface area contributed by atoms with Crippen LogP contribution in [-0.4, -0.2) is 32.0 Å². The second-order valence-corrected chi connectivity index (χ2v) is 3.55. The minimum atomic E-state index is -0.471. The topological polar surface area (TPSA) is 70.8 Å². The molecule has 0 heterocycles. The zero-order chi connectivity index (χ0) is 15.4. The number of nitrogens with two attached hydrogens (primary N) is 1. The van der Waals surface area contributed by atoms with E-state index in [0.717, 1.165) is 0 Å². The monoisotopic (exact) mass is 283 g/mol. The van der Waals surface area contributed by atoms with Crippen LogP contribution in [0.25, 0.3) is 0 Å². The van der Waals surface area contributed by atoms with Crippen molar-refractivity contribution in [3.63, 3.8) is 0 Å². The molecule has 1 aromatic rings. The lowest BCUT2D eigenvalue weighted by Crippen LogP contribution is -2.30. The van der Waals surface area contributed by atoms with E-state index in [0.29, 0.717) is 24.5 Å². The lowest BCUT2D eigenvalue weighted by Gasteiger charge is -2.13. The van der Waals surface area contributed by atoms with Crippen LogP contribution in [-0.2, 0) is 9.47 Å². The van der Waals surface area contributed by atoms with Crippen molar-refractivity contribution in [3.05, 3.63) is 29.8 Å². The fourth-order valence-electron chi connectivity index (χ4n) is 1.37. The summed E-state index contributed by atoms with van der Waals surface area (Å²) in [6.07, 6.45) is -0.471. The van der Waals surface area contributed by atoms with Crippen LogP contribution in [0.5, 0.6) is 5.75 Å². The number of carbonyl (C=O) groups is 1. The second-order valence-electron chi connectivity index (χ2n) is 3.55. The molecule has 20 heavy (non-hydrogen) atoms. The molecule has 0 spiro atoms. The Balaban J connectivity index is 0.00000172. The summed E-state index contributed by atoms with van der Waals surface area (Å²) in [5.74, 6) is 0.202. The van der Waals surface area contributed by atoms with E-state index in [9.17, 15) is 4.79 Å². The largest absolute Gasteiger partial charge is 0.489 e. The molecule has 5 nitrogen and oxygen atoms in total. The highest BCUT2D eigenvalue weighted by atomic mass is 16.5. The van der Waals surface area contributed by atoms with Gasteiger partial charge in [-0.15, -0.1) is 0 Å². The summed E-state index contributed by atoms with van der Waals surface area (Å²) in [7, 11) is 0. The summed E-state index contributed by atoms with van der Waals surface area (Å²) in [6.45, 7) is 8.74. The van der Waals surface area contributed by atoms with Gasteiger partial charge in [-0.25, -0.2) is 4.79 Å². The van der Waals surface area contributed by atoms with Gasteiger partial charge in [0, 0.05) is 6.61 Å². The summed E-state index contributed by atoms with van der Waals surface area (Å²) < 4.78 is 15.5. The summed E-state index contributed by atoms with van der Waals surface area (Å²) in [6, 6.07) is 6.78. The molecule has 0 aliphatic rings. The van der Waals surface area contributed by atoms with E-state index in [-0.39, 0.29) is 12.6 Å². The van der Waals surface area contributed by atoms with Gasteiger partial charge in [-0.3, -0.25) is 0 Å². The van der Waals surface area contributed by atoms with Gasteiger partial charge in [0.2, 0.25) is 0 Å². The molecule has 1 unspecified atom stereocenters. The van der Waals surface area contributed by atoms with E-state index < -0.39 is 6.23 Å². The van der Waals surface area contributed by atoms with Crippen molar-refractivity contribution in [3.8, 4) is 5.75 Å². The summed E-state index contributed by atoms with van der Waals surface area (Å²) >= 11 is 0. The Labute approximate surface area is 121 Å². The molecule has 0 saturated carbocycles. The van der Waals surface area contributed by atoms with Crippen LogP contribution in [0.15, 0.2) is 24.3 Å². The lowest BCUT2D eigenvalue weighted by molar-refractivity contribution is 0.0321. The Hall–Kier alpha value is -1.59. The van der Waals surface area contributed by atoms with E-state index in [2.05, 4.69) is 0 Å². The van der Waals surface area contributed by atoms with Gasteiger partial charge >= 0.3 is 5.97 Å². The molecule has 2 N–H and O–H groups in total. The van der Waals surface area contributed by atoms with Crippen LogP contribution >= 0.6 is 0 Å². The Kier molecular flexibility index (Phi) is 10.4. The summed E-state index contributed by atoms with van der Waals surface area (Å²) in [4.78, 5) is 11.5. The predicted molar refractivity (Wildman–Crippen MR) is 78.8 cm³/mol. The third-order valence-electron chi connectivity index (χ3n) is 2.14. The fourth-order valence-corrected chi connectivity index (χ4v) is 1.37. The molecule has 1 atom stereocenters. The van der Waals surface area contributed by atoms with Gasteiger partial charge in [-0.05, 0) is 32.0 Å². The smallest absolute Gasteiger partial charge is 0.338 e. The Bertz CT molecular complexity index is 382. The van der Waals surface area contributed by atoms with Gasteiger partial charge < -0.3 is 19.9 Å². The van der Waals surface area contributed by atoms with Crippen molar-refractivity contribution < 1.29 is 19.0 Å². The molecule has 0 bridgehead atoms. The highest BCUT2D eigenvalue weighted by Gasteiger charge is 2.08. The minimum absolute atomic E-state index is 0.236. The normalized spacial score (nSPS) is 11.1. The number of carbonyl (C=O) groups excluding carboxylic acids is 1. The molecule has 0 aliphatic heterocycles. The van der Waals surface area contributed by atoms with Gasteiger partial charge in [0.15, 0.2) is 0 Å². The SMILES string of the molecule is CC.CCOC(=O)c1cccc(OCC(N)OCC)c1. The third-order valence-corrected chi connectivity index (χ3v) is 2.14. The van der Waals surface area contributed by atoms with Gasteiger partial charge in [0.1, 0.15) is 18.6 Å². The number of hydrogen-bond acceptors (Lipinski definition) is 5. The van der Waals surface area contributed by atoms with E-state index in [1.807, 2.05) is 20.8 Å². The first kappa shape index (κ1) is 18.4. The van der Waals surface area contributed by atoms with E-state index >= 15 is 0 Å². The zero-order valence-corrected chi connectivity index (χ0v) is 12.7. The Morgan fingerprint density at radius 2 is 1.95 bits per heavy atom. The van der Waals surface area contributed by atoms with E-state index in [1.165, 1.54) is 0 Å². The van der Waals surface area contributed by atoms with Crippen molar-refractivity contribution >= 4 is 5.97 Å². The predicted octanol–water partition coefficient (Wildman–Crippen LogP) is 2.59. The van der Waals surface area contributed by atoms with Crippen LogP contribution < -0.4 is 10.5 Å². The summed E-state index contributed by atoms with van der Waals surface area (Å²) in [5.41, 5.74) is 6.10. The van der Waals surface area contributed by atoms with Crippen LogP contribution in [0.1, 0.15) is 38.1 Å². The van der Waals surface area contributed by atoms with Crippen molar-refractivity contribution in [2.24, 2.45) is 5.73 Å².